The van der Waals surface area contributed by atoms with Crippen molar-refractivity contribution in [3.8, 4) is 0 Å². The van der Waals surface area contributed by atoms with E-state index >= 15 is 0 Å². The zero-order valence-electron chi connectivity index (χ0n) is 16.4. The second kappa shape index (κ2) is 7.44. The van der Waals surface area contributed by atoms with Crippen LogP contribution >= 0.6 is 0 Å². The highest BCUT2D eigenvalue weighted by molar-refractivity contribution is 6.49. The lowest BCUT2D eigenvalue weighted by molar-refractivity contribution is 0.0940. The number of allylic oxidation sites excluding steroid dienone is 2. The standard InChI is InChI=1S/C26H20O3/c1-3-17-10-14-19(15-11-17)24(27)23-22(18-12-8-16(2)9-13-18)25(28)20-6-4-5-7-21(20)26(23)29/h4-15H,3H2,1-2H3. The monoisotopic (exact) mass is 380 g/mol. The van der Waals surface area contributed by atoms with Crippen molar-refractivity contribution in [1.82, 2.24) is 0 Å². The summed E-state index contributed by atoms with van der Waals surface area (Å²) < 4.78 is 0. The number of fused-ring (bicyclic) bond motifs is 1. The van der Waals surface area contributed by atoms with Crippen LogP contribution in [0.5, 0.6) is 0 Å². The molecule has 3 nitrogen and oxygen atoms in total. The Morgan fingerprint density at radius 1 is 0.759 bits per heavy atom. The molecule has 0 aromatic heterocycles. The van der Waals surface area contributed by atoms with Crippen LogP contribution in [-0.2, 0) is 6.42 Å². The molecule has 1 aliphatic carbocycles. The van der Waals surface area contributed by atoms with Gasteiger partial charge < -0.3 is 0 Å². The van der Waals surface area contributed by atoms with Gasteiger partial charge in [0.25, 0.3) is 0 Å². The number of carbonyl (C=O) groups is 3. The predicted octanol–water partition coefficient (Wildman–Crippen LogP) is 5.27. The van der Waals surface area contributed by atoms with Crippen molar-refractivity contribution in [1.29, 1.82) is 0 Å². The summed E-state index contributed by atoms with van der Waals surface area (Å²) >= 11 is 0. The maximum atomic E-state index is 13.4. The largest absolute Gasteiger partial charge is 0.289 e. The maximum absolute atomic E-state index is 13.4. The Hall–Kier alpha value is -3.59. The first-order chi connectivity index (χ1) is 14.0. The third kappa shape index (κ3) is 3.25. The van der Waals surface area contributed by atoms with Gasteiger partial charge in [-0.3, -0.25) is 14.4 Å². The molecule has 0 radical (unpaired) electrons. The lowest BCUT2D eigenvalue weighted by Gasteiger charge is -2.21. The molecule has 29 heavy (non-hydrogen) atoms. The molecule has 0 heterocycles. The second-order valence-corrected chi connectivity index (χ2v) is 7.20. The predicted molar refractivity (Wildman–Crippen MR) is 113 cm³/mol. The number of Topliss-reactive ketones (excluding diaryl/α,β-unsaturated/α-hetero) is 3. The molecule has 4 rings (SSSR count). The van der Waals surface area contributed by atoms with Crippen molar-refractivity contribution in [3.63, 3.8) is 0 Å². The minimum Gasteiger partial charge on any atom is -0.289 e. The first kappa shape index (κ1) is 18.8. The van der Waals surface area contributed by atoms with Gasteiger partial charge in [-0.1, -0.05) is 85.3 Å². The number of ketones is 3. The van der Waals surface area contributed by atoms with E-state index in [-0.39, 0.29) is 22.5 Å². The Morgan fingerprint density at radius 2 is 1.34 bits per heavy atom. The van der Waals surface area contributed by atoms with Crippen LogP contribution in [0.15, 0.2) is 78.4 Å². The van der Waals surface area contributed by atoms with Gasteiger partial charge in [-0.2, -0.15) is 0 Å². The molecular formula is C26H20O3. The average Bonchev–Trinajstić information content (AvgIpc) is 2.76. The lowest BCUT2D eigenvalue weighted by Crippen LogP contribution is -2.26. The van der Waals surface area contributed by atoms with E-state index in [0.717, 1.165) is 17.5 Å². The van der Waals surface area contributed by atoms with Crippen molar-refractivity contribution < 1.29 is 14.4 Å². The van der Waals surface area contributed by atoms with Crippen LogP contribution in [0.1, 0.15) is 54.7 Å². The summed E-state index contributed by atoms with van der Waals surface area (Å²) in [5, 5.41) is 0. The number of carbonyl (C=O) groups excluding carboxylic acids is 3. The molecule has 0 saturated heterocycles. The van der Waals surface area contributed by atoms with E-state index in [4.69, 9.17) is 0 Å². The molecule has 0 amide bonds. The zero-order chi connectivity index (χ0) is 20.5. The van der Waals surface area contributed by atoms with Crippen LogP contribution in [0.2, 0.25) is 0 Å². The van der Waals surface area contributed by atoms with E-state index in [2.05, 4.69) is 0 Å². The molecule has 3 aromatic rings. The Balaban J connectivity index is 1.94. The molecule has 3 aromatic carbocycles. The molecule has 142 valence electrons. The summed E-state index contributed by atoms with van der Waals surface area (Å²) in [6, 6.07) is 21.2. The highest BCUT2D eigenvalue weighted by Crippen LogP contribution is 2.34. The average molecular weight is 380 g/mol. The van der Waals surface area contributed by atoms with Crippen LogP contribution in [0.3, 0.4) is 0 Å². The third-order valence-corrected chi connectivity index (χ3v) is 5.31. The molecule has 0 atom stereocenters. The normalized spacial score (nSPS) is 13.4. The molecular weight excluding hydrogens is 360 g/mol. The first-order valence-electron chi connectivity index (χ1n) is 9.64. The first-order valence-corrected chi connectivity index (χ1v) is 9.64. The summed E-state index contributed by atoms with van der Waals surface area (Å²) in [4.78, 5) is 40.0. The van der Waals surface area contributed by atoms with Gasteiger partial charge in [-0.15, -0.1) is 0 Å². The quantitative estimate of drug-likeness (QED) is 0.457. The van der Waals surface area contributed by atoms with Gasteiger partial charge in [0.2, 0.25) is 0 Å². The van der Waals surface area contributed by atoms with E-state index in [1.807, 2.05) is 38.1 Å². The minimum atomic E-state index is -0.420. The molecule has 0 bridgehead atoms. The third-order valence-electron chi connectivity index (χ3n) is 5.31. The van der Waals surface area contributed by atoms with Crippen LogP contribution in [0.4, 0.5) is 0 Å². The van der Waals surface area contributed by atoms with Crippen LogP contribution in [0.25, 0.3) is 5.57 Å². The molecule has 1 aliphatic rings. The molecule has 3 heteroatoms. The smallest absolute Gasteiger partial charge is 0.198 e. The SMILES string of the molecule is CCc1ccc(C(=O)C2=C(c3ccc(C)cc3)C(=O)c3ccccc3C2=O)cc1. The second-order valence-electron chi connectivity index (χ2n) is 7.20. The summed E-state index contributed by atoms with van der Waals surface area (Å²) in [5.41, 5.74) is 3.87. The minimum absolute atomic E-state index is 0.0539. The molecule has 0 saturated carbocycles. The highest BCUT2D eigenvalue weighted by Gasteiger charge is 2.36. The Kier molecular flexibility index (Phi) is 4.81. The van der Waals surface area contributed by atoms with Crippen LogP contribution in [-0.4, -0.2) is 17.3 Å². The zero-order valence-corrected chi connectivity index (χ0v) is 16.4. The van der Waals surface area contributed by atoms with Crippen molar-refractivity contribution >= 4 is 22.9 Å². The lowest BCUT2D eigenvalue weighted by atomic mass is 9.78. The van der Waals surface area contributed by atoms with E-state index < -0.39 is 11.6 Å². The van der Waals surface area contributed by atoms with Crippen LogP contribution < -0.4 is 0 Å². The molecule has 0 fully saturated rings. The van der Waals surface area contributed by atoms with E-state index in [1.54, 1.807) is 48.5 Å². The van der Waals surface area contributed by atoms with Gasteiger partial charge in [0, 0.05) is 22.3 Å². The van der Waals surface area contributed by atoms with Crippen LogP contribution in [0, 0.1) is 6.92 Å². The molecule has 0 spiro atoms. The van der Waals surface area contributed by atoms with Crippen molar-refractivity contribution in [2.45, 2.75) is 20.3 Å². The van der Waals surface area contributed by atoms with Crippen molar-refractivity contribution in [2.75, 3.05) is 0 Å². The van der Waals surface area contributed by atoms with Gasteiger partial charge in [-0.05, 0) is 24.5 Å². The topological polar surface area (TPSA) is 51.2 Å². The van der Waals surface area contributed by atoms with E-state index in [9.17, 15) is 14.4 Å². The fraction of sp³-hybridized carbons (Fsp3) is 0.115. The molecule has 0 N–H and O–H groups in total. The molecule has 0 unspecified atom stereocenters. The number of hydrogen-bond acceptors (Lipinski definition) is 3. The summed E-state index contributed by atoms with van der Waals surface area (Å²) in [5.74, 6) is -1.12. The van der Waals surface area contributed by atoms with Gasteiger partial charge in [0.1, 0.15) is 0 Å². The number of benzene rings is 3. The van der Waals surface area contributed by atoms with Gasteiger partial charge in [-0.25, -0.2) is 0 Å². The Bertz CT molecular complexity index is 1160. The Labute approximate surface area is 169 Å². The summed E-state index contributed by atoms with van der Waals surface area (Å²) in [6.07, 6.45) is 0.858. The number of aryl methyl sites for hydroxylation is 2. The van der Waals surface area contributed by atoms with Gasteiger partial charge in [0.05, 0.1) is 5.57 Å². The van der Waals surface area contributed by atoms with Gasteiger partial charge in [0.15, 0.2) is 17.3 Å². The number of hydrogen-bond donors (Lipinski definition) is 0. The maximum Gasteiger partial charge on any atom is 0.198 e. The summed E-state index contributed by atoms with van der Waals surface area (Å²) in [7, 11) is 0. The fourth-order valence-electron chi connectivity index (χ4n) is 3.62. The van der Waals surface area contributed by atoms with E-state index in [1.165, 1.54) is 0 Å². The van der Waals surface area contributed by atoms with Crippen molar-refractivity contribution in [3.05, 3.63) is 112 Å². The molecule has 0 aliphatic heterocycles. The number of rotatable bonds is 4. The highest BCUT2D eigenvalue weighted by atomic mass is 16.2. The van der Waals surface area contributed by atoms with Gasteiger partial charge >= 0.3 is 0 Å². The fourth-order valence-corrected chi connectivity index (χ4v) is 3.62. The summed E-state index contributed by atoms with van der Waals surface area (Å²) in [6.45, 7) is 3.98. The Morgan fingerprint density at radius 3 is 1.93 bits per heavy atom. The van der Waals surface area contributed by atoms with E-state index in [0.29, 0.717) is 16.7 Å². The van der Waals surface area contributed by atoms with Crippen molar-refractivity contribution in [2.24, 2.45) is 0 Å².